The predicted octanol–water partition coefficient (Wildman–Crippen LogP) is 3.76. The van der Waals surface area contributed by atoms with Gasteiger partial charge in [0.05, 0.1) is 20.1 Å². The normalized spacial score (nSPS) is 13.3. The smallest absolute Gasteiger partial charge is 0.313 e. The van der Waals surface area contributed by atoms with Crippen LogP contribution < -0.4 is 4.74 Å². The molecule has 0 aliphatic heterocycles. The lowest BCUT2D eigenvalue weighted by Gasteiger charge is -2.22. The van der Waals surface area contributed by atoms with Crippen molar-refractivity contribution in [3.8, 4) is 5.75 Å². The molecule has 0 saturated heterocycles. The molecule has 0 saturated carbocycles. The molecule has 0 aromatic heterocycles. The van der Waals surface area contributed by atoms with E-state index in [1.54, 1.807) is 7.11 Å². The van der Waals surface area contributed by atoms with E-state index in [2.05, 4.69) is 0 Å². The lowest BCUT2D eigenvalue weighted by molar-refractivity contribution is -0.142. The average Bonchev–Trinajstić information content (AvgIpc) is 2.55. The van der Waals surface area contributed by atoms with Crippen molar-refractivity contribution in [2.75, 3.05) is 14.2 Å². The number of hydrogen-bond acceptors (Lipinski definition) is 3. The fraction of sp³-hybridized carbons (Fsp3) is 0.278. The maximum atomic E-state index is 12.2. The van der Waals surface area contributed by atoms with E-state index in [-0.39, 0.29) is 17.8 Å². The SMILES string of the molecule is COC(=O)C(c1ccccc1)C(C)c1ccc(OC)cc1. The van der Waals surface area contributed by atoms with Gasteiger partial charge in [-0.2, -0.15) is 0 Å². The third-order valence-corrected chi connectivity index (χ3v) is 3.76. The first-order chi connectivity index (χ1) is 10.2. The third-order valence-electron chi connectivity index (χ3n) is 3.76. The minimum atomic E-state index is -0.315. The first kappa shape index (κ1) is 15.1. The minimum Gasteiger partial charge on any atom is -0.497 e. The molecular weight excluding hydrogens is 264 g/mol. The zero-order chi connectivity index (χ0) is 15.2. The highest BCUT2D eigenvalue weighted by molar-refractivity contribution is 5.79. The van der Waals surface area contributed by atoms with Crippen LogP contribution in [0.5, 0.6) is 5.75 Å². The van der Waals surface area contributed by atoms with E-state index in [1.165, 1.54) is 7.11 Å². The number of esters is 1. The second-order valence-electron chi connectivity index (χ2n) is 4.97. The Labute approximate surface area is 125 Å². The average molecular weight is 284 g/mol. The van der Waals surface area contributed by atoms with Crippen molar-refractivity contribution in [3.63, 3.8) is 0 Å². The van der Waals surface area contributed by atoms with Crippen LogP contribution in [0.15, 0.2) is 54.6 Å². The van der Waals surface area contributed by atoms with Gasteiger partial charge in [-0.3, -0.25) is 4.79 Å². The van der Waals surface area contributed by atoms with Gasteiger partial charge in [0.1, 0.15) is 5.75 Å². The van der Waals surface area contributed by atoms with Gasteiger partial charge < -0.3 is 9.47 Å². The van der Waals surface area contributed by atoms with Crippen LogP contribution in [-0.4, -0.2) is 20.2 Å². The Balaban J connectivity index is 2.33. The molecule has 0 heterocycles. The van der Waals surface area contributed by atoms with Crippen molar-refractivity contribution >= 4 is 5.97 Å². The molecule has 0 N–H and O–H groups in total. The topological polar surface area (TPSA) is 35.5 Å². The first-order valence-corrected chi connectivity index (χ1v) is 6.94. The Morgan fingerprint density at radius 3 is 2.05 bits per heavy atom. The van der Waals surface area contributed by atoms with Crippen LogP contribution in [0, 0.1) is 0 Å². The molecule has 110 valence electrons. The first-order valence-electron chi connectivity index (χ1n) is 6.94. The minimum absolute atomic E-state index is 0.0192. The summed E-state index contributed by atoms with van der Waals surface area (Å²) in [5.74, 6) is 0.292. The largest absolute Gasteiger partial charge is 0.497 e. The van der Waals surface area contributed by atoms with Gasteiger partial charge in [0.25, 0.3) is 0 Å². The Morgan fingerprint density at radius 1 is 0.905 bits per heavy atom. The lowest BCUT2D eigenvalue weighted by Crippen LogP contribution is -2.20. The summed E-state index contributed by atoms with van der Waals surface area (Å²) >= 11 is 0. The van der Waals surface area contributed by atoms with Crippen molar-refractivity contribution in [2.45, 2.75) is 18.8 Å². The van der Waals surface area contributed by atoms with Crippen LogP contribution in [0.1, 0.15) is 29.9 Å². The molecule has 3 heteroatoms. The molecule has 0 aliphatic rings. The summed E-state index contributed by atoms with van der Waals surface area (Å²) < 4.78 is 10.2. The van der Waals surface area contributed by atoms with E-state index >= 15 is 0 Å². The van der Waals surface area contributed by atoms with Crippen LogP contribution >= 0.6 is 0 Å². The van der Waals surface area contributed by atoms with Crippen LogP contribution in [0.25, 0.3) is 0 Å². The number of hydrogen-bond donors (Lipinski definition) is 0. The zero-order valence-corrected chi connectivity index (χ0v) is 12.6. The molecule has 2 atom stereocenters. The Bertz CT molecular complexity index is 575. The standard InChI is InChI=1S/C18H20O3/c1-13(14-9-11-16(20-2)12-10-14)17(18(19)21-3)15-7-5-4-6-8-15/h4-13,17H,1-3H3. The molecule has 3 nitrogen and oxygen atoms in total. The Morgan fingerprint density at radius 2 is 1.52 bits per heavy atom. The highest BCUT2D eigenvalue weighted by Crippen LogP contribution is 2.34. The van der Waals surface area contributed by atoms with E-state index in [9.17, 15) is 4.79 Å². The molecule has 0 spiro atoms. The highest BCUT2D eigenvalue weighted by Gasteiger charge is 2.28. The van der Waals surface area contributed by atoms with Gasteiger partial charge in [0, 0.05) is 0 Å². The van der Waals surface area contributed by atoms with Crippen molar-refractivity contribution < 1.29 is 14.3 Å². The molecule has 2 aromatic rings. The summed E-state index contributed by atoms with van der Waals surface area (Å²) in [6.45, 7) is 2.04. The number of carbonyl (C=O) groups excluding carboxylic acids is 1. The Hall–Kier alpha value is -2.29. The van der Waals surface area contributed by atoms with Crippen LogP contribution in [0.2, 0.25) is 0 Å². The lowest BCUT2D eigenvalue weighted by atomic mass is 9.82. The number of carbonyl (C=O) groups is 1. The maximum absolute atomic E-state index is 12.2. The number of rotatable bonds is 5. The van der Waals surface area contributed by atoms with E-state index < -0.39 is 0 Å². The van der Waals surface area contributed by atoms with Crippen LogP contribution in [0.4, 0.5) is 0 Å². The second kappa shape index (κ2) is 6.93. The molecule has 0 fully saturated rings. The summed E-state index contributed by atoms with van der Waals surface area (Å²) in [4.78, 5) is 12.2. The molecule has 0 bridgehead atoms. The number of methoxy groups -OCH3 is 2. The van der Waals surface area contributed by atoms with E-state index in [1.807, 2.05) is 61.5 Å². The van der Waals surface area contributed by atoms with E-state index in [4.69, 9.17) is 9.47 Å². The zero-order valence-electron chi connectivity index (χ0n) is 12.6. The molecule has 21 heavy (non-hydrogen) atoms. The summed E-state index contributed by atoms with van der Waals surface area (Å²) in [6, 6.07) is 17.5. The van der Waals surface area contributed by atoms with Crippen molar-refractivity contribution in [2.24, 2.45) is 0 Å². The fourth-order valence-corrected chi connectivity index (χ4v) is 2.52. The van der Waals surface area contributed by atoms with Crippen molar-refractivity contribution in [1.29, 1.82) is 0 Å². The highest BCUT2D eigenvalue weighted by atomic mass is 16.5. The van der Waals surface area contributed by atoms with Crippen LogP contribution in [0.3, 0.4) is 0 Å². The van der Waals surface area contributed by atoms with Gasteiger partial charge in [-0.1, -0.05) is 49.4 Å². The van der Waals surface area contributed by atoms with Gasteiger partial charge in [0.2, 0.25) is 0 Å². The summed E-state index contributed by atoms with van der Waals surface area (Å²) in [7, 11) is 3.07. The van der Waals surface area contributed by atoms with Gasteiger partial charge in [0.15, 0.2) is 0 Å². The van der Waals surface area contributed by atoms with Crippen molar-refractivity contribution in [1.82, 2.24) is 0 Å². The van der Waals surface area contributed by atoms with Gasteiger partial charge in [-0.25, -0.2) is 0 Å². The summed E-state index contributed by atoms with van der Waals surface area (Å²) in [6.07, 6.45) is 0. The summed E-state index contributed by atoms with van der Waals surface area (Å²) in [5.41, 5.74) is 2.04. The van der Waals surface area contributed by atoms with Crippen molar-refractivity contribution in [3.05, 3.63) is 65.7 Å². The molecule has 0 amide bonds. The molecule has 2 rings (SSSR count). The van der Waals surface area contributed by atoms with Crippen LogP contribution in [-0.2, 0) is 9.53 Å². The van der Waals surface area contributed by atoms with Gasteiger partial charge in [-0.05, 0) is 29.2 Å². The third kappa shape index (κ3) is 3.43. The maximum Gasteiger partial charge on any atom is 0.313 e. The summed E-state index contributed by atoms with van der Waals surface area (Å²) in [5, 5.41) is 0. The molecular formula is C18H20O3. The molecule has 0 aliphatic carbocycles. The monoisotopic (exact) mass is 284 g/mol. The van der Waals surface area contributed by atoms with Gasteiger partial charge >= 0.3 is 5.97 Å². The quantitative estimate of drug-likeness (QED) is 0.784. The molecule has 2 unspecified atom stereocenters. The molecule has 0 radical (unpaired) electrons. The molecule has 2 aromatic carbocycles. The number of ether oxygens (including phenoxy) is 2. The second-order valence-corrected chi connectivity index (χ2v) is 4.97. The van der Waals surface area contributed by atoms with Gasteiger partial charge in [-0.15, -0.1) is 0 Å². The predicted molar refractivity (Wildman–Crippen MR) is 82.6 cm³/mol. The van der Waals surface area contributed by atoms with E-state index in [0.29, 0.717) is 0 Å². The Kier molecular flexibility index (Phi) is 4.99. The number of benzene rings is 2. The van der Waals surface area contributed by atoms with E-state index in [0.717, 1.165) is 16.9 Å². The fourth-order valence-electron chi connectivity index (χ4n) is 2.52.